The lowest BCUT2D eigenvalue weighted by molar-refractivity contribution is -0.137. The molecule has 7 heteroatoms. The fourth-order valence-corrected chi connectivity index (χ4v) is 2.66. The molecule has 2 aromatic rings. The van der Waals surface area contributed by atoms with Gasteiger partial charge in [-0.3, -0.25) is 4.79 Å². The van der Waals surface area contributed by atoms with Crippen molar-refractivity contribution in [1.82, 2.24) is 4.90 Å². The van der Waals surface area contributed by atoms with E-state index in [1.165, 1.54) is 11.8 Å². The first-order chi connectivity index (χ1) is 12.3. The zero-order valence-electron chi connectivity index (χ0n) is 14.7. The summed E-state index contributed by atoms with van der Waals surface area (Å²) in [5.74, 6) is -0.594. The average Bonchev–Trinajstić information content (AvgIpc) is 2.60. The molecule has 0 saturated heterocycles. The summed E-state index contributed by atoms with van der Waals surface area (Å²) in [6.07, 6.45) is -0.892. The van der Waals surface area contributed by atoms with Gasteiger partial charge in [0.05, 0.1) is 0 Å². The molecule has 0 aliphatic heterocycles. The van der Waals surface area contributed by atoms with Crippen LogP contribution in [-0.2, 0) is 16.1 Å². The predicted molar refractivity (Wildman–Crippen MR) is 101 cm³/mol. The van der Waals surface area contributed by atoms with E-state index < -0.39 is 12.1 Å². The number of carbonyl (C=O) groups excluding carboxylic acids is 2. The van der Waals surface area contributed by atoms with Gasteiger partial charge in [-0.15, -0.1) is 0 Å². The summed E-state index contributed by atoms with van der Waals surface area (Å²) in [6.45, 7) is 1.68. The number of nitrogens with zero attached hydrogens (tertiary/aromatic N) is 1. The van der Waals surface area contributed by atoms with Crippen LogP contribution in [0.5, 0.6) is 5.75 Å². The van der Waals surface area contributed by atoms with Crippen LogP contribution in [0.2, 0.25) is 10.0 Å². The molecule has 138 valence electrons. The maximum Gasteiger partial charge on any atom is 0.342 e. The number of halogens is 2. The molecule has 0 unspecified atom stereocenters. The number of ether oxygens (including phenoxy) is 2. The highest BCUT2D eigenvalue weighted by atomic mass is 35.5. The first kappa shape index (κ1) is 20.1. The molecule has 0 saturated carbocycles. The predicted octanol–water partition coefficient (Wildman–Crippen LogP) is 4.21. The van der Waals surface area contributed by atoms with Crippen LogP contribution in [0, 0.1) is 0 Å². The molecule has 0 aliphatic rings. The van der Waals surface area contributed by atoms with Crippen molar-refractivity contribution in [2.75, 3.05) is 14.1 Å². The number of amides is 1. The van der Waals surface area contributed by atoms with E-state index in [0.717, 1.165) is 5.56 Å². The minimum absolute atomic E-state index is 0.159. The zero-order valence-corrected chi connectivity index (χ0v) is 16.2. The number of hydrogen-bond acceptors (Lipinski definition) is 4. The molecule has 2 rings (SSSR count). The molecule has 0 N–H and O–H groups in total. The Balaban J connectivity index is 2.11. The Hall–Kier alpha value is -2.24. The van der Waals surface area contributed by atoms with Gasteiger partial charge in [0.25, 0.3) is 5.91 Å². The van der Waals surface area contributed by atoms with Gasteiger partial charge < -0.3 is 14.4 Å². The smallest absolute Gasteiger partial charge is 0.342 e. The fraction of sp³-hybridized carbons (Fsp3) is 0.263. The van der Waals surface area contributed by atoms with E-state index in [4.69, 9.17) is 32.7 Å². The normalized spacial score (nSPS) is 11.6. The minimum atomic E-state index is -0.892. The van der Waals surface area contributed by atoms with Crippen molar-refractivity contribution in [2.45, 2.75) is 19.6 Å². The molecule has 0 aromatic heterocycles. The Morgan fingerprint density at radius 1 is 1.12 bits per heavy atom. The summed E-state index contributed by atoms with van der Waals surface area (Å²) in [6, 6.07) is 11.7. The van der Waals surface area contributed by atoms with Crippen LogP contribution in [0.25, 0.3) is 0 Å². The number of carbonyl (C=O) groups is 2. The second kappa shape index (κ2) is 8.92. The highest BCUT2D eigenvalue weighted by Gasteiger charge is 2.22. The summed E-state index contributed by atoms with van der Waals surface area (Å²) in [7, 11) is 3.19. The Morgan fingerprint density at radius 2 is 1.81 bits per heavy atom. The molecular formula is C19H19Cl2NO4. The third-order valence-electron chi connectivity index (χ3n) is 3.58. The number of rotatable bonds is 6. The van der Waals surface area contributed by atoms with Crippen molar-refractivity contribution in [1.29, 1.82) is 0 Å². The lowest BCUT2D eigenvalue weighted by atomic mass is 10.2. The molecule has 0 bridgehead atoms. The Morgan fingerprint density at radius 3 is 2.46 bits per heavy atom. The molecule has 0 aliphatic carbocycles. The van der Waals surface area contributed by atoms with E-state index in [-0.39, 0.29) is 18.1 Å². The summed E-state index contributed by atoms with van der Waals surface area (Å²) in [5, 5.41) is 1.00. The van der Waals surface area contributed by atoms with Gasteiger partial charge in [-0.05, 0) is 31.2 Å². The van der Waals surface area contributed by atoms with Crippen LogP contribution in [0.1, 0.15) is 22.8 Å². The third kappa shape index (κ3) is 5.13. The molecule has 1 atom stereocenters. The monoisotopic (exact) mass is 395 g/mol. The van der Waals surface area contributed by atoms with Gasteiger partial charge in [-0.1, -0.05) is 41.4 Å². The van der Waals surface area contributed by atoms with E-state index >= 15 is 0 Å². The molecular weight excluding hydrogens is 377 g/mol. The SMILES string of the molecule is C[C@@H](OC(=O)c1ccccc1OCc1ccc(Cl)cc1Cl)C(=O)N(C)C. The first-order valence-corrected chi connectivity index (χ1v) is 8.63. The van der Waals surface area contributed by atoms with Gasteiger partial charge in [0, 0.05) is 29.7 Å². The quantitative estimate of drug-likeness (QED) is 0.687. The topological polar surface area (TPSA) is 55.8 Å². The average molecular weight is 396 g/mol. The molecule has 5 nitrogen and oxygen atoms in total. The highest BCUT2D eigenvalue weighted by molar-refractivity contribution is 6.35. The van der Waals surface area contributed by atoms with Gasteiger partial charge >= 0.3 is 5.97 Å². The fourth-order valence-electron chi connectivity index (χ4n) is 2.19. The van der Waals surface area contributed by atoms with Gasteiger partial charge in [-0.2, -0.15) is 0 Å². The molecule has 1 amide bonds. The lowest BCUT2D eigenvalue weighted by Crippen LogP contribution is -2.35. The summed E-state index contributed by atoms with van der Waals surface area (Å²) in [4.78, 5) is 25.6. The largest absolute Gasteiger partial charge is 0.488 e. The van der Waals surface area contributed by atoms with Crippen LogP contribution in [-0.4, -0.2) is 37.0 Å². The van der Waals surface area contributed by atoms with Crippen molar-refractivity contribution in [3.8, 4) is 5.75 Å². The Labute approximate surface area is 162 Å². The van der Waals surface area contributed by atoms with Crippen molar-refractivity contribution in [3.05, 3.63) is 63.6 Å². The summed E-state index contributed by atoms with van der Waals surface area (Å²) in [5.41, 5.74) is 0.964. The molecule has 26 heavy (non-hydrogen) atoms. The van der Waals surface area contributed by atoms with E-state index in [1.54, 1.807) is 56.6 Å². The van der Waals surface area contributed by atoms with E-state index in [1.807, 2.05) is 0 Å². The number of esters is 1. The second-order valence-electron chi connectivity index (χ2n) is 5.80. The van der Waals surface area contributed by atoms with Crippen molar-refractivity contribution in [3.63, 3.8) is 0 Å². The van der Waals surface area contributed by atoms with Crippen molar-refractivity contribution >= 4 is 35.1 Å². The van der Waals surface area contributed by atoms with Crippen LogP contribution in [0.4, 0.5) is 0 Å². The Bertz CT molecular complexity index is 808. The first-order valence-electron chi connectivity index (χ1n) is 7.87. The highest BCUT2D eigenvalue weighted by Crippen LogP contribution is 2.25. The zero-order chi connectivity index (χ0) is 19.3. The summed E-state index contributed by atoms with van der Waals surface area (Å²) >= 11 is 12.0. The maximum atomic E-state index is 12.4. The summed E-state index contributed by atoms with van der Waals surface area (Å²) < 4.78 is 11.0. The van der Waals surface area contributed by atoms with Crippen LogP contribution < -0.4 is 4.74 Å². The number of hydrogen-bond donors (Lipinski definition) is 0. The van der Waals surface area contributed by atoms with Gasteiger partial charge in [0.15, 0.2) is 6.10 Å². The Kier molecular flexibility index (Phi) is 6.89. The van der Waals surface area contributed by atoms with Crippen LogP contribution >= 0.6 is 23.2 Å². The standard InChI is InChI=1S/C19H19Cl2NO4/c1-12(18(23)22(2)3)26-19(24)15-6-4-5-7-17(15)25-11-13-8-9-14(20)10-16(13)21/h4-10,12H,11H2,1-3H3/t12-/m1/s1. The number of para-hydroxylation sites is 1. The lowest BCUT2D eigenvalue weighted by Gasteiger charge is -2.18. The van der Waals surface area contributed by atoms with Gasteiger partial charge in [-0.25, -0.2) is 4.79 Å². The molecule has 0 heterocycles. The van der Waals surface area contributed by atoms with Gasteiger partial charge in [0.2, 0.25) is 0 Å². The van der Waals surface area contributed by atoms with E-state index in [9.17, 15) is 9.59 Å². The van der Waals surface area contributed by atoms with Gasteiger partial charge in [0.1, 0.15) is 17.9 Å². The minimum Gasteiger partial charge on any atom is -0.488 e. The van der Waals surface area contributed by atoms with Crippen LogP contribution in [0.15, 0.2) is 42.5 Å². The van der Waals surface area contributed by atoms with Crippen LogP contribution in [0.3, 0.4) is 0 Å². The second-order valence-corrected chi connectivity index (χ2v) is 6.64. The molecule has 0 spiro atoms. The van der Waals surface area contributed by atoms with E-state index in [0.29, 0.717) is 15.8 Å². The maximum absolute atomic E-state index is 12.4. The number of likely N-dealkylation sites (N-methyl/N-ethyl adjacent to an activating group) is 1. The van der Waals surface area contributed by atoms with Crippen molar-refractivity contribution < 1.29 is 19.1 Å². The van der Waals surface area contributed by atoms with E-state index in [2.05, 4.69) is 0 Å². The van der Waals surface area contributed by atoms with Crippen molar-refractivity contribution in [2.24, 2.45) is 0 Å². The molecule has 0 radical (unpaired) electrons. The number of benzene rings is 2. The molecule has 0 fully saturated rings. The third-order valence-corrected chi connectivity index (χ3v) is 4.16. The molecule has 2 aromatic carbocycles.